The third-order valence-electron chi connectivity index (χ3n) is 3.68. The fraction of sp³-hybridized carbons (Fsp3) is 0.625. The third kappa shape index (κ3) is 4.16. The zero-order valence-electron chi connectivity index (χ0n) is 11.2. The summed E-state index contributed by atoms with van der Waals surface area (Å²) in [4.78, 5) is 0. The lowest BCUT2D eigenvalue weighted by molar-refractivity contribution is 0.592. The fourth-order valence-electron chi connectivity index (χ4n) is 2.26. The highest BCUT2D eigenvalue weighted by molar-refractivity contribution is 5.25. The highest BCUT2D eigenvalue weighted by Crippen LogP contribution is 2.22. The smallest absolute Gasteiger partial charge is 0.00682 e. The van der Waals surface area contributed by atoms with E-state index in [1.807, 2.05) is 0 Å². The molecule has 0 spiro atoms. The molecule has 1 aliphatic carbocycles. The molecule has 1 fully saturated rings. The minimum Gasteiger partial charge on any atom is -0.314 e. The van der Waals surface area contributed by atoms with Gasteiger partial charge in [0.05, 0.1) is 0 Å². The van der Waals surface area contributed by atoms with E-state index in [2.05, 4.69) is 43.4 Å². The molecule has 1 aromatic carbocycles. The molecule has 0 aliphatic heterocycles. The molecule has 1 unspecified atom stereocenters. The molecule has 0 amide bonds. The van der Waals surface area contributed by atoms with Crippen LogP contribution in [0.3, 0.4) is 0 Å². The van der Waals surface area contributed by atoms with Gasteiger partial charge in [-0.3, -0.25) is 0 Å². The fourth-order valence-corrected chi connectivity index (χ4v) is 2.26. The van der Waals surface area contributed by atoms with Gasteiger partial charge in [-0.15, -0.1) is 0 Å². The van der Waals surface area contributed by atoms with Crippen LogP contribution in [0.4, 0.5) is 0 Å². The molecule has 94 valence electrons. The number of rotatable bonds is 7. The molecule has 0 saturated heterocycles. The van der Waals surface area contributed by atoms with Crippen molar-refractivity contribution in [2.45, 2.75) is 57.9 Å². The van der Waals surface area contributed by atoms with Gasteiger partial charge in [0.1, 0.15) is 0 Å². The first kappa shape index (κ1) is 12.6. The van der Waals surface area contributed by atoms with Gasteiger partial charge in [0.2, 0.25) is 0 Å². The highest BCUT2D eigenvalue weighted by atomic mass is 14.9. The Kier molecular flexibility index (Phi) is 4.61. The van der Waals surface area contributed by atoms with Crippen molar-refractivity contribution in [1.82, 2.24) is 5.32 Å². The third-order valence-corrected chi connectivity index (χ3v) is 3.68. The normalized spacial score (nSPS) is 17.1. The first-order valence-electron chi connectivity index (χ1n) is 7.12. The summed E-state index contributed by atoms with van der Waals surface area (Å²) in [6.45, 7) is 5.74. The van der Waals surface area contributed by atoms with E-state index in [1.165, 1.54) is 49.8 Å². The number of aryl methyl sites for hydroxylation is 1. The molecule has 0 radical (unpaired) electrons. The Morgan fingerprint density at radius 2 is 1.94 bits per heavy atom. The zero-order valence-corrected chi connectivity index (χ0v) is 11.2. The predicted molar refractivity (Wildman–Crippen MR) is 74.5 cm³/mol. The maximum atomic E-state index is 3.59. The van der Waals surface area contributed by atoms with Crippen LogP contribution in [-0.2, 0) is 6.42 Å². The van der Waals surface area contributed by atoms with Crippen molar-refractivity contribution in [2.24, 2.45) is 0 Å². The van der Waals surface area contributed by atoms with Crippen LogP contribution in [0.2, 0.25) is 0 Å². The summed E-state index contributed by atoms with van der Waals surface area (Å²) in [7, 11) is 0. The standard InChI is InChI=1S/C16H25N/c1-3-4-14-5-7-15(8-6-14)13(2)11-12-17-16-9-10-16/h5-8,13,16-17H,3-4,9-12H2,1-2H3. The lowest BCUT2D eigenvalue weighted by Gasteiger charge is -2.13. The molecule has 1 saturated carbocycles. The van der Waals surface area contributed by atoms with Crippen LogP contribution in [0.15, 0.2) is 24.3 Å². The Labute approximate surface area is 106 Å². The van der Waals surface area contributed by atoms with Gasteiger partial charge in [-0.2, -0.15) is 0 Å². The average molecular weight is 231 g/mol. The summed E-state index contributed by atoms with van der Waals surface area (Å²) in [6, 6.07) is 10.1. The summed E-state index contributed by atoms with van der Waals surface area (Å²) in [6.07, 6.45) is 6.47. The minimum absolute atomic E-state index is 0.678. The Morgan fingerprint density at radius 3 is 2.53 bits per heavy atom. The Morgan fingerprint density at radius 1 is 1.24 bits per heavy atom. The van der Waals surface area contributed by atoms with Crippen molar-refractivity contribution in [2.75, 3.05) is 6.54 Å². The van der Waals surface area contributed by atoms with Crippen molar-refractivity contribution in [3.63, 3.8) is 0 Å². The molecule has 1 aromatic rings. The molecule has 0 bridgehead atoms. The average Bonchev–Trinajstić information content (AvgIpc) is 3.14. The molecular weight excluding hydrogens is 206 g/mol. The Bertz CT molecular complexity index is 324. The summed E-state index contributed by atoms with van der Waals surface area (Å²) in [5.41, 5.74) is 2.96. The van der Waals surface area contributed by atoms with E-state index >= 15 is 0 Å². The van der Waals surface area contributed by atoms with E-state index in [4.69, 9.17) is 0 Å². The molecule has 1 heteroatoms. The van der Waals surface area contributed by atoms with Gasteiger partial charge in [0.15, 0.2) is 0 Å². The lowest BCUT2D eigenvalue weighted by atomic mass is 9.96. The van der Waals surface area contributed by atoms with Crippen molar-refractivity contribution in [3.8, 4) is 0 Å². The van der Waals surface area contributed by atoms with Crippen molar-refractivity contribution in [1.29, 1.82) is 0 Å². The summed E-state index contributed by atoms with van der Waals surface area (Å²) in [5, 5.41) is 3.59. The minimum atomic E-state index is 0.678. The summed E-state index contributed by atoms with van der Waals surface area (Å²) >= 11 is 0. The number of hydrogen-bond donors (Lipinski definition) is 1. The van der Waals surface area contributed by atoms with Gasteiger partial charge in [-0.05, 0) is 49.3 Å². The molecule has 1 nitrogen and oxygen atoms in total. The number of nitrogens with one attached hydrogen (secondary N) is 1. The van der Waals surface area contributed by atoms with E-state index < -0.39 is 0 Å². The summed E-state index contributed by atoms with van der Waals surface area (Å²) in [5.74, 6) is 0.678. The Balaban J connectivity index is 1.78. The van der Waals surface area contributed by atoms with Crippen LogP contribution in [-0.4, -0.2) is 12.6 Å². The van der Waals surface area contributed by atoms with E-state index in [-0.39, 0.29) is 0 Å². The van der Waals surface area contributed by atoms with E-state index in [1.54, 1.807) is 0 Å². The summed E-state index contributed by atoms with van der Waals surface area (Å²) < 4.78 is 0. The lowest BCUT2D eigenvalue weighted by Crippen LogP contribution is -2.18. The second kappa shape index (κ2) is 6.20. The Hall–Kier alpha value is -0.820. The molecule has 1 N–H and O–H groups in total. The molecule has 0 aromatic heterocycles. The predicted octanol–water partition coefficient (Wildman–Crippen LogP) is 3.88. The quantitative estimate of drug-likeness (QED) is 0.751. The van der Waals surface area contributed by atoms with Gasteiger partial charge in [-0.1, -0.05) is 44.5 Å². The van der Waals surface area contributed by atoms with Gasteiger partial charge < -0.3 is 5.32 Å². The molecule has 1 aliphatic rings. The molecule has 0 heterocycles. The monoisotopic (exact) mass is 231 g/mol. The van der Waals surface area contributed by atoms with Crippen LogP contribution in [0.25, 0.3) is 0 Å². The van der Waals surface area contributed by atoms with E-state index in [9.17, 15) is 0 Å². The van der Waals surface area contributed by atoms with Crippen molar-refractivity contribution in [3.05, 3.63) is 35.4 Å². The first-order valence-corrected chi connectivity index (χ1v) is 7.12. The molecule has 2 rings (SSSR count). The largest absolute Gasteiger partial charge is 0.314 e. The molecular formula is C16H25N. The van der Waals surface area contributed by atoms with Gasteiger partial charge in [-0.25, -0.2) is 0 Å². The van der Waals surface area contributed by atoms with Gasteiger partial charge in [0, 0.05) is 6.04 Å². The van der Waals surface area contributed by atoms with Gasteiger partial charge in [0.25, 0.3) is 0 Å². The van der Waals surface area contributed by atoms with E-state index in [0.717, 1.165) is 6.04 Å². The number of benzene rings is 1. The first-order chi connectivity index (χ1) is 8.29. The van der Waals surface area contributed by atoms with Crippen LogP contribution >= 0.6 is 0 Å². The SMILES string of the molecule is CCCc1ccc(C(C)CCNC2CC2)cc1. The van der Waals surface area contributed by atoms with Crippen LogP contribution in [0.5, 0.6) is 0 Å². The zero-order chi connectivity index (χ0) is 12.1. The maximum absolute atomic E-state index is 3.59. The molecule has 17 heavy (non-hydrogen) atoms. The van der Waals surface area contributed by atoms with E-state index in [0.29, 0.717) is 5.92 Å². The van der Waals surface area contributed by atoms with Crippen molar-refractivity contribution < 1.29 is 0 Å². The number of hydrogen-bond acceptors (Lipinski definition) is 1. The maximum Gasteiger partial charge on any atom is 0.00682 e. The molecule has 1 atom stereocenters. The van der Waals surface area contributed by atoms with Crippen LogP contribution in [0, 0.1) is 0 Å². The second-order valence-electron chi connectivity index (χ2n) is 5.41. The highest BCUT2D eigenvalue weighted by Gasteiger charge is 2.20. The second-order valence-corrected chi connectivity index (χ2v) is 5.41. The van der Waals surface area contributed by atoms with Gasteiger partial charge >= 0.3 is 0 Å². The van der Waals surface area contributed by atoms with Crippen LogP contribution < -0.4 is 5.32 Å². The van der Waals surface area contributed by atoms with Crippen molar-refractivity contribution >= 4 is 0 Å². The van der Waals surface area contributed by atoms with Crippen LogP contribution in [0.1, 0.15) is 56.6 Å². The topological polar surface area (TPSA) is 12.0 Å².